The molecule has 35 valence electrons. The summed E-state index contributed by atoms with van der Waals surface area (Å²) in [5.41, 5.74) is 0. The van der Waals surface area contributed by atoms with Crippen molar-refractivity contribution in [3.63, 3.8) is 0 Å². The quantitative estimate of drug-likeness (QED) is 0.504. The Labute approximate surface area is 75.0 Å². The Morgan fingerprint density at radius 3 is 1.00 bits per heavy atom. The van der Waals surface area contributed by atoms with Crippen LogP contribution in [0.4, 0.5) is 0 Å². The molecule has 2 N–H and O–H groups in total. The molecule has 5 heteroatoms. The van der Waals surface area contributed by atoms with E-state index in [9.17, 15) is 0 Å². The minimum absolute atomic E-state index is 0. The molecule has 0 spiro atoms. The average Bonchev–Trinajstić information content (AvgIpc) is 0. The van der Waals surface area contributed by atoms with Crippen LogP contribution in [0.5, 0.6) is 0 Å². The molecule has 0 fully saturated rings. The van der Waals surface area contributed by atoms with Crippen LogP contribution in [-0.2, 0) is 70.1 Å². The topological polar surface area (TPSA) is 31.5 Å². The molecule has 0 aliphatic carbocycles. The summed E-state index contributed by atoms with van der Waals surface area (Å²) in [4.78, 5) is 0. The molecule has 1 radical (unpaired) electrons. The van der Waals surface area contributed by atoms with Gasteiger partial charge in [-0.2, -0.15) is 0 Å². The molecular formula is H2FeMnNiOZn. The maximum atomic E-state index is 0. The van der Waals surface area contributed by atoms with Crippen molar-refractivity contribution in [2.24, 2.45) is 0 Å². The van der Waals surface area contributed by atoms with Gasteiger partial charge in [-0.3, -0.25) is 0 Å². The van der Waals surface area contributed by atoms with Crippen LogP contribution < -0.4 is 0 Å². The van der Waals surface area contributed by atoms with E-state index in [0.717, 1.165) is 0 Å². The SMILES string of the molecule is O.[Fe].[Mn].[Ni].[Zn]. The molecular weight excluding hydrogens is 251 g/mol. The van der Waals surface area contributed by atoms with Crippen molar-refractivity contribution in [3.05, 3.63) is 0 Å². The van der Waals surface area contributed by atoms with Gasteiger partial charge in [0.2, 0.25) is 0 Å². The summed E-state index contributed by atoms with van der Waals surface area (Å²) in [6.45, 7) is 0. The molecule has 0 bridgehead atoms. The monoisotopic (exact) mass is 251 g/mol. The Morgan fingerprint density at radius 2 is 1.00 bits per heavy atom. The van der Waals surface area contributed by atoms with Crippen LogP contribution in [0.2, 0.25) is 0 Å². The zero-order valence-electron chi connectivity index (χ0n) is 2.25. The molecule has 0 atom stereocenters. The molecule has 0 aliphatic rings. The molecule has 0 heterocycles. The second-order valence-corrected chi connectivity index (χ2v) is 0. The van der Waals surface area contributed by atoms with Gasteiger partial charge < -0.3 is 5.48 Å². The van der Waals surface area contributed by atoms with Gasteiger partial charge in [0.05, 0.1) is 0 Å². The van der Waals surface area contributed by atoms with Gasteiger partial charge in [-0.25, -0.2) is 0 Å². The van der Waals surface area contributed by atoms with Crippen LogP contribution in [0.1, 0.15) is 0 Å². The third kappa shape index (κ3) is 23.1. The van der Waals surface area contributed by atoms with E-state index in [1.165, 1.54) is 0 Å². The molecule has 0 aliphatic heterocycles. The van der Waals surface area contributed by atoms with Crippen molar-refractivity contribution in [2.75, 3.05) is 0 Å². The van der Waals surface area contributed by atoms with Gasteiger partial charge in [0.15, 0.2) is 0 Å². The standard InChI is InChI=1S/Fe.Mn.Ni.H2O.Zn/h;;;1H2;. The molecule has 0 saturated carbocycles. The molecule has 0 rings (SSSR count). The van der Waals surface area contributed by atoms with Crippen LogP contribution in [0.15, 0.2) is 0 Å². The fraction of sp³-hybridized carbons (Fsp3) is 0. The predicted molar refractivity (Wildman–Crippen MR) is 3.61 cm³/mol. The summed E-state index contributed by atoms with van der Waals surface area (Å²) in [6.07, 6.45) is 0. The molecule has 5 heavy (non-hydrogen) atoms. The van der Waals surface area contributed by atoms with Gasteiger partial charge in [0.25, 0.3) is 0 Å². The van der Waals surface area contributed by atoms with Gasteiger partial charge in [-0.15, -0.1) is 0 Å². The van der Waals surface area contributed by atoms with E-state index in [0.29, 0.717) is 0 Å². The summed E-state index contributed by atoms with van der Waals surface area (Å²) in [5.74, 6) is 0. The summed E-state index contributed by atoms with van der Waals surface area (Å²) >= 11 is 0. The summed E-state index contributed by atoms with van der Waals surface area (Å²) in [5, 5.41) is 0. The Hall–Kier alpha value is 2.12. The summed E-state index contributed by atoms with van der Waals surface area (Å²) in [6, 6.07) is 0. The van der Waals surface area contributed by atoms with Crippen molar-refractivity contribution >= 4 is 0 Å². The van der Waals surface area contributed by atoms with Crippen molar-refractivity contribution in [2.45, 2.75) is 0 Å². The first-order valence-electron chi connectivity index (χ1n) is 0. The van der Waals surface area contributed by atoms with Crippen molar-refractivity contribution in [1.82, 2.24) is 0 Å². The molecule has 1 nitrogen and oxygen atoms in total. The van der Waals surface area contributed by atoms with E-state index in [-0.39, 0.29) is 75.6 Å². The largest absolute Gasteiger partial charge is 0.412 e. The van der Waals surface area contributed by atoms with E-state index in [4.69, 9.17) is 0 Å². The first-order valence-corrected chi connectivity index (χ1v) is 0. The van der Waals surface area contributed by atoms with E-state index in [2.05, 4.69) is 0 Å². The number of hydrogen-bond donors (Lipinski definition) is 0. The molecule has 0 aromatic rings. The van der Waals surface area contributed by atoms with E-state index in [1.807, 2.05) is 0 Å². The second-order valence-electron chi connectivity index (χ2n) is 0. The van der Waals surface area contributed by atoms with Crippen LogP contribution >= 0.6 is 0 Å². The van der Waals surface area contributed by atoms with Gasteiger partial charge in [0.1, 0.15) is 0 Å². The van der Waals surface area contributed by atoms with Crippen molar-refractivity contribution in [1.29, 1.82) is 0 Å². The molecule has 0 amide bonds. The molecule has 0 aromatic heterocycles. The number of rotatable bonds is 0. The van der Waals surface area contributed by atoms with Crippen molar-refractivity contribution < 1.29 is 75.6 Å². The van der Waals surface area contributed by atoms with Crippen LogP contribution in [0.3, 0.4) is 0 Å². The fourth-order valence-electron chi connectivity index (χ4n) is 0. The number of hydrogen-bond acceptors (Lipinski definition) is 0. The van der Waals surface area contributed by atoms with Gasteiger partial charge in [0, 0.05) is 70.1 Å². The molecule has 0 saturated heterocycles. The van der Waals surface area contributed by atoms with Crippen LogP contribution in [-0.4, -0.2) is 5.48 Å². The first-order chi connectivity index (χ1) is 0. The second kappa shape index (κ2) is 35.8. The van der Waals surface area contributed by atoms with Crippen LogP contribution in [0, 0.1) is 0 Å². The van der Waals surface area contributed by atoms with Gasteiger partial charge >= 0.3 is 0 Å². The average molecular weight is 253 g/mol. The van der Waals surface area contributed by atoms with E-state index >= 15 is 0 Å². The van der Waals surface area contributed by atoms with Crippen LogP contribution in [0.25, 0.3) is 0 Å². The van der Waals surface area contributed by atoms with E-state index in [1.54, 1.807) is 0 Å². The predicted octanol–water partition coefficient (Wildman–Crippen LogP) is -0.835. The van der Waals surface area contributed by atoms with Gasteiger partial charge in [-0.1, -0.05) is 0 Å². The zero-order valence-corrected chi connectivity index (χ0v) is 8.49. The van der Waals surface area contributed by atoms with Crippen molar-refractivity contribution in [3.8, 4) is 0 Å². The Balaban J connectivity index is 0. The Kier molecular flexibility index (Phi) is 425. The summed E-state index contributed by atoms with van der Waals surface area (Å²) < 4.78 is 0. The maximum Gasteiger partial charge on any atom is 0 e. The minimum atomic E-state index is 0. The normalized spacial score (nSPS) is 0. The Morgan fingerprint density at radius 1 is 1.00 bits per heavy atom. The molecule has 0 aromatic carbocycles. The first kappa shape index (κ1) is 59.5. The maximum absolute atomic E-state index is 0. The fourth-order valence-corrected chi connectivity index (χ4v) is 0. The third-order valence-corrected chi connectivity index (χ3v) is 0. The van der Waals surface area contributed by atoms with Gasteiger partial charge in [-0.05, 0) is 0 Å². The Bertz CT molecular complexity index is 11.6. The van der Waals surface area contributed by atoms with E-state index < -0.39 is 0 Å². The molecule has 0 unspecified atom stereocenters. The third-order valence-electron chi connectivity index (χ3n) is 0. The zero-order chi connectivity index (χ0) is 0. The summed E-state index contributed by atoms with van der Waals surface area (Å²) in [7, 11) is 0. The minimum Gasteiger partial charge on any atom is -0.412 e. The smallest absolute Gasteiger partial charge is 0 e.